The number of aromatic nitrogens is 1. The van der Waals surface area contributed by atoms with Gasteiger partial charge in [0.15, 0.2) is 0 Å². The van der Waals surface area contributed by atoms with Crippen LogP contribution in [0.4, 0.5) is 0 Å². The van der Waals surface area contributed by atoms with E-state index < -0.39 is 17.7 Å². The molecule has 1 aromatic heterocycles. The van der Waals surface area contributed by atoms with Gasteiger partial charge in [0.1, 0.15) is 17.3 Å². The van der Waals surface area contributed by atoms with Crippen LogP contribution in [-0.4, -0.2) is 46.9 Å². The lowest BCUT2D eigenvalue weighted by Gasteiger charge is -2.25. The Morgan fingerprint density at radius 2 is 1.74 bits per heavy atom. The SMILES string of the molecule is CCOc1ccc([C@@H]2C(=C(O)c3ccc(Cl)cc3)C(=O)C(=O)N2CCc2c[nH]c3ccc(OC)cc23)cc1. The Labute approximate surface area is 225 Å². The van der Waals surface area contributed by atoms with Crippen LogP contribution in [0.2, 0.25) is 5.02 Å². The van der Waals surface area contributed by atoms with Gasteiger partial charge < -0.3 is 24.5 Å². The maximum absolute atomic E-state index is 13.3. The average Bonchev–Trinajstić information content (AvgIpc) is 3.45. The summed E-state index contributed by atoms with van der Waals surface area (Å²) < 4.78 is 10.9. The van der Waals surface area contributed by atoms with Gasteiger partial charge in [0.2, 0.25) is 0 Å². The van der Waals surface area contributed by atoms with E-state index in [1.807, 2.05) is 43.5 Å². The molecule has 1 saturated heterocycles. The summed E-state index contributed by atoms with van der Waals surface area (Å²) in [5, 5.41) is 12.7. The molecule has 0 radical (unpaired) electrons. The van der Waals surface area contributed by atoms with E-state index in [1.165, 1.54) is 4.90 Å². The second-order valence-corrected chi connectivity index (χ2v) is 9.41. The number of halogens is 1. The molecule has 5 rings (SSSR count). The number of ether oxygens (including phenoxy) is 2. The first kappa shape index (κ1) is 25.4. The molecule has 0 aliphatic carbocycles. The number of carbonyl (C=O) groups excluding carboxylic acids is 2. The van der Waals surface area contributed by atoms with Crippen molar-refractivity contribution in [1.82, 2.24) is 9.88 Å². The number of carbonyl (C=O) groups is 2. The highest BCUT2D eigenvalue weighted by molar-refractivity contribution is 6.46. The van der Waals surface area contributed by atoms with Gasteiger partial charge in [-0.3, -0.25) is 9.59 Å². The first-order valence-electron chi connectivity index (χ1n) is 12.3. The summed E-state index contributed by atoms with van der Waals surface area (Å²) in [6, 6.07) is 18.7. The van der Waals surface area contributed by atoms with Crippen molar-refractivity contribution < 1.29 is 24.2 Å². The Hall–Kier alpha value is -4.23. The number of aliphatic hydroxyl groups is 1. The Balaban J connectivity index is 1.54. The molecule has 7 nitrogen and oxygen atoms in total. The summed E-state index contributed by atoms with van der Waals surface area (Å²) in [5.74, 6) is -0.207. The summed E-state index contributed by atoms with van der Waals surface area (Å²) in [7, 11) is 1.62. The molecule has 1 fully saturated rings. The average molecular weight is 531 g/mol. The summed E-state index contributed by atoms with van der Waals surface area (Å²) >= 11 is 6.02. The van der Waals surface area contributed by atoms with E-state index in [4.69, 9.17) is 21.1 Å². The number of hydrogen-bond donors (Lipinski definition) is 2. The van der Waals surface area contributed by atoms with Crippen LogP contribution >= 0.6 is 11.6 Å². The molecule has 4 aromatic rings. The van der Waals surface area contributed by atoms with E-state index in [2.05, 4.69) is 4.98 Å². The molecule has 1 aliphatic heterocycles. The molecule has 1 aliphatic rings. The number of fused-ring (bicyclic) bond motifs is 1. The molecular formula is C30H27ClN2O5. The maximum atomic E-state index is 13.3. The summed E-state index contributed by atoms with van der Waals surface area (Å²) in [6.07, 6.45) is 2.40. The van der Waals surface area contributed by atoms with Crippen LogP contribution in [-0.2, 0) is 16.0 Å². The zero-order valence-electron chi connectivity index (χ0n) is 21.0. The third-order valence-electron chi connectivity index (χ3n) is 6.76. The standard InChI is InChI=1S/C30H27ClN2O5/c1-3-38-22-10-6-18(7-11-22)27-26(28(34)19-4-8-21(31)9-5-19)29(35)30(36)33(27)15-14-20-17-32-25-13-12-23(37-2)16-24(20)25/h4-13,16-17,27,32,34H,3,14-15H2,1-2H3/t27-/m1/s1. The Bertz CT molecular complexity index is 1520. The number of aromatic amines is 1. The van der Waals surface area contributed by atoms with Gasteiger partial charge in [0.05, 0.1) is 25.3 Å². The summed E-state index contributed by atoms with van der Waals surface area (Å²) in [4.78, 5) is 31.4. The third-order valence-corrected chi connectivity index (χ3v) is 7.01. The molecule has 1 amide bonds. The van der Waals surface area contributed by atoms with Crippen molar-refractivity contribution in [3.8, 4) is 11.5 Å². The topological polar surface area (TPSA) is 91.9 Å². The number of nitrogens with zero attached hydrogens (tertiary/aromatic N) is 1. The van der Waals surface area contributed by atoms with E-state index in [-0.39, 0.29) is 17.9 Å². The van der Waals surface area contributed by atoms with Crippen molar-refractivity contribution in [2.45, 2.75) is 19.4 Å². The molecule has 3 aromatic carbocycles. The van der Waals surface area contributed by atoms with Crippen molar-refractivity contribution in [2.24, 2.45) is 0 Å². The van der Waals surface area contributed by atoms with E-state index in [9.17, 15) is 14.7 Å². The minimum atomic E-state index is -0.763. The summed E-state index contributed by atoms with van der Waals surface area (Å²) in [5.41, 5.74) is 3.09. The molecule has 0 spiro atoms. The third kappa shape index (κ3) is 4.73. The maximum Gasteiger partial charge on any atom is 0.295 e. The Kier molecular flexibility index (Phi) is 7.11. The van der Waals surface area contributed by atoms with Crippen LogP contribution < -0.4 is 9.47 Å². The van der Waals surface area contributed by atoms with Crippen LogP contribution in [0, 0.1) is 0 Å². The summed E-state index contributed by atoms with van der Waals surface area (Å²) in [6.45, 7) is 2.68. The monoisotopic (exact) mass is 530 g/mol. The number of Topliss-reactive ketones (excluding diaryl/α,β-unsaturated/α-hetero) is 1. The van der Waals surface area contributed by atoms with Gasteiger partial charge in [-0.25, -0.2) is 0 Å². The van der Waals surface area contributed by atoms with Gasteiger partial charge in [0, 0.05) is 34.2 Å². The molecule has 2 heterocycles. The molecule has 194 valence electrons. The van der Waals surface area contributed by atoms with Gasteiger partial charge in [-0.15, -0.1) is 0 Å². The van der Waals surface area contributed by atoms with Gasteiger partial charge in [-0.1, -0.05) is 23.7 Å². The fourth-order valence-corrected chi connectivity index (χ4v) is 4.99. The van der Waals surface area contributed by atoms with Crippen molar-refractivity contribution in [3.05, 3.63) is 100 Å². The molecular weight excluding hydrogens is 504 g/mol. The number of amides is 1. The van der Waals surface area contributed by atoms with E-state index in [0.29, 0.717) is 34.9 Å². The van der Waals surface area contributed by atoms with Crippen LogP contribution in [0.25, 0.3) is 16.7 Å². The first-order valence-corrected chi connectivity index (χ1v) is 12.7. The molecule has 0 bridgehead atoms. The van der Waals surface area contributed by atoms with E-state index in [0.717, 1.165) is 22.2 Å². The normalized spacial score (nSPS) is 16.8. The van der Waals surface area contributed by atoms with Crippen LogP contribution in [0.5, 0.6) is 11.5 Å². The Morgan fingerprint density at radius 1 is 1.03 bits per heavy atom. The van der Waals surface area contributed by atoms with Crippen molar-refractivity contribution in [2.75, 3.05) is 20.3 Å². The number of benzene rings is 3. The lowest BCUT2D eigenvalue weighted by molar-refractivity contribution is -0.139. The molecule has 2 N–H and O–H groups in total. The molecule has 1 atom stereocenters. The van der Waals surface area contributed by atoms with E-state index >= 15 is 0 Å². The van der Waals surface area contributed by atoms with E-state index in [1.54, 1.807) is 43.5 Å². The quantitative estimate of drug-likeness (QED) is 0.168. The fourth-order valence-electron chi connectivity index (χ4n) is 4.87. The van der Waals surface area contributed by atoms with Crippen LogP contribution in [0.15, 0.2) is 78.5 Å². The number of methoxy groups -OCH3 is 1. The predicted molar refractivity (Wildman–Crippen MR) is 147 cm³/mol. The van der Waals surface area contributed by atoms with Gasteiger partial charge >= 0.3 is 0 Å². The predicted octanol–water partition coefficient (Wildman–Crippen LogP) is 5.89. The minimum Gasteiger partial charge on any atom is -0.507 e. The number of likely N-dealkylation sites (tertiary alicyclic amines) is 1. The highest BCUT2D eigenvalue weighted by atomic mass is 35.5. The van der Waals surface area contributed by atoms with Crippen molar-refractivity contribution >= 4 is 40.0 Å². The van der Waals surface area contributed by atoms with Gasteiger partial charge in [0.25, 0.3) is 11.7 Å². The van der Waals surface area contributed by atoms with Crippen molar-refractivity contribution in [3.63, 3.8) is 0 Å². The number of hydrogen-bond acceptors (Lipinski definition) is 5. The second-order valence-electron chi connectivity index (χ2n) is 8.98. The minimum absolute atomic E-state index is 0.0436. The smallest absolute Gasteiger partial charge is 0.295 e. The molecule has 8 heteroatoms. The zero-order valence-corrected chi connectivity index (χ0v) is 21.8. The Morgan fingerprint density at radius 3 is 2.42 bits per heavy atom. The number of ketones is 1. The first-order chi connectivity index (χ1) is 18.4. The second kappa shape index (κ2) is 10.6. The zero-order chi connectivity index (χ0) is 26.8. The van der Waals surface area contributed by atoms with Crippen LogP contribution in [0.1, 0.15) is 29.7 Å². The number of H-pyrrole nitrogens is 1. The highest BCUT2D eigenvalue weighted by Gasteiger charge is 2.45. The van der Waals surface area contributed by atoms with Gasteiger partial charge in [-0.05, 0) is 79.1 Å². The molecule has 0 saturated carbocycles. The lowest BCUT2D eigenvalue weighted by Crippen LogP contribution is -2.31. The highest BCUT2D eigenvalue weighted by Crippen LogP contribution is 2.40. The van der Waals surface area contributed by atoms with Gasteiger partial charge in [-0.2, -0.15) is 0 Å². The number of rotatable bonds is 8. The van der Waals surface area contributed by atoms with Crippen molar-refractivity contribution in [1.29, 1.82) is 0 Å². The molecule has 0 unspecified atom stereocenters. The fraction of sp³-hybridized carbons (Fsp3) is 0.200. The number of nitrogens with one attached hydrogen (secondary N) is 1. The molecule has 38 heavy (non-hydrogen) atoms. The van der Waals surface area contributed by atoms with Crippen LogP contribution in [0.3, 0.4) is 0 Å². The largest absolute Gasteiger partial charge is 0.507 e. The number of aliphatic hydroxyl groups excluding tert-OH is 1. The lowest BCUT2D eigenvalue weighted by atomic mass is 9.95.